The molecule has 0 aliphatic carbocycles. The summed E-state index contributed by atoms with van der Waals surface area (Å²) in [5.74, 6) is 0.357. The molecule has 0 saturated carbocycles. The topological polar surface area (TPSA) is 67.3 Å². The van der Waals surface area contributed by atoms with Crippen molar-refractivity contribution in [2.24, 2.45) is 17.6 Å². The maximum absolute atomic E-state index is 10.6. The lowest BCUT2D eigenvalue weighted by atomic mass is 9.88. The van der Waals surface area contributed by atoms with E-state index in [1.165, 1.54) is 0 Å². The molecule has 19 heavy (non-hydrogen) atoms. The molecule has 0 aliphatic heterocycles. The molecule has 0 radical (unpaired) electrons. The van der Waals surface area contributed by atoms with Crippen LogP contribution >= 0.6 is 15.9 Å². The average Bonchev–Trinajstić information content (AvgIpc) is 2.68. The number of hydrogen-bond acceptors (Lipinski definition) is 4. The highest BCUT2D eigenvalue weighted by molar-refractivity contribution is 9.10. The lowest BCUT2D eigenvalue weighted by Gasteiger charge is -2.26. The molecule has 0 amide bonds. The third kappa shape index (κ3) is 4.27. The first-order valence-corrected chi connectivity index (χ1v) is 7.41. The molecule has 6 heteroatoms. The van der Waals surface area contributed by atoms with Gasteiger partial charge in [0, 0.05) is 12.5 Å². The van der Waals surface area contributed by atoms with Gasteiger partial charge in [-0.3, -0.25) is 4.68 Å². The minimum Gasteiger partial charge on any atom is -0.386 e. The molecular formula is C13H25BrN4O. The molecule has 110 valence electrons. The summed E-state index contributed by atoms with van der Waals surface area (Å²) in [4.78, 5) is 2.09. The summed E-state index contributed by atoms with van der Waals surface area (Å²) in [7, 11) is 4.04. The number of rotatable bonds is 7. The van der Waals surface area contributed by atoms with Crippen molar-refractivity contribution in [1.82, 2.24) is 14.7 Å². The Morgan fingerprint density at radius 3 is 2.58 bits per heavy atom. The molecular weight excluding hydrogens is 308 g/mol. The van der Waals surface area contributed by atoms with Gasteiger partial charge in [0.25, 0.3) is 0 Å². The van der Waals surface area contributed by atoms with Crippen molar-refractivity contribution >= 4 is 15.9 Å². The van der Waals surface area contributed by atoms with Crippen LogP contribution in [0.2, 0.25) is 0 Å². The van der Waals surface area contributed by atoms with Crippen LogP contribution in [0.25, 0.3) is 0 Å². The second-order valence-electron chi connectivity index (χ2n) is 5.49. The fourth-order valence-corrected chi connectivity index (χ4v) is 2.64. The van der Waals surface area contributed by atoms with Gasteiger partial charge in [0.05, 0.1) is 22.9 Å². The van der Waals surface area contributed by atoms with Crippen molar-refractivity contribution in [3.8, 4) is 0 Å². The number of halogens is 1. The normalized spacial score (nSPS) is 15.2. The van der Waals surface area contributed by atoms with Crippen LogP contribution in [-0.2, 0) is 6.54 Å². The van der Waals surface area contributed by atoms with E-state index in [0.29, 0.717) is 12.5 Å². The number of nitrogens with two attached hydrogens (primary N) is 1. The summed E-state index contributed by atoms with van der Waals surface area (Å²) >= 11 is 3.47. The Balaban J connectivity index is 2.94. The smallest absolute Gasteiger partial charge is 0.101 e. The average molecular weight is 333 g/mol. The van der Waals surface area contributed by atoms with Gasteiger partial charge in [0.15, 0.2) is 0 Å². The van der Waals surface area contributed by atoms with Gasteiger partial charge < -0.3 is 15.7 Å². The van der Waals surface area contributed by atoms with Crippen LogP contribution in [0.3, 0.4) is 0 Å². The van der Waals surface area contributed by atoms with Crippen molar-refractivity contribution in [2.75, 3.05) is 27.2 Å². The van der Waals surface area contributed by atoms with E-state index in [9.17, 15) is 5.11 Å². The van der Waals surface area contributed by atoms with Crippen molar-refractivity contribution in [1.29, 1.82) is 0 Å². The van der Waals surface area contributed by atoms with Crippen LogP contribution in [0.4, 0.5) is 0 Å². The Labute approximate surface area is 123 Å². The second kappa shape index (κ2) is 7.38. The number of nitrogens with zero attached hydrogens (tertiary/aromatic N) is 3. The van der Waals surface area contributed by atoms with E-state index in [-0.39, 0.29) is 5.92 Å². The zero-order valence-corrected chi connectivity index (χ0v) is 13.8. The SMILES string of the molecule is CC(C)C(CN)C(O)c1c(Br)cnn1CCN(C)C. The quantitative estimate of drug-likeness (QED) is 0.793. The van der Waals surface area contributed by atoms with Crippen LogP contribution in [0.15, 0.2) is 10.7 Å². The summed E-state index contributed by atoms with van der Waals surface area (Å²) in [5, 5.41) is 14.9. The Kier molecular flexibility index (Phi) is 6.46. The standard InChI is InChI=1S/C13H25BrN4O/c1-9(2)10(7-15)13(19)12-11(14)8-16-18(12)6-5-17(3)4/h8-10,13,19H,5-7,15H2,1-4H3. The third-order valence-electron chi connectivity index (χ3n) is 3.41. The zero-order valence-electron chi connectivity index (χ0n) is 12.2. The fourth-order valence-electron chi connectivity index (χ4n) is 2.11. The van der Waals surface area contributed by atoms with Gasteiger partial charge in [-0.05, 0) is 42.5 Å². The fraction of sp³-hybridized carbons (Fsp3) is 0.769. The van der Waals surface area contributed by atoms with E-state index < -0.39 is 6.10 Å². The molecule has 0 saturated heterocycles. The third-order valence-corrected chi connectivity index (χ3v) is 4.02. The summed E-state index contributed by atoms with van der Waals surface area (Å²) in [6.45, 7) is 6.25. The van der Waals surface area contributed by atoms with E-state index in [4.69, 9.17) is 5.73 Å². The molecule has 1 aromatic rings. The Morgan fingerprint density at radius 1 is 1.47 bits per heavy atom. The first kappa shape index (κ1) is 16.6. The lowest BCUT2D eigenvalue weighted by molar-refractivity contribution is 0.0767. The van der Waals surface area contributed by atoms with E-state index in [0.717, 1.165) is 23.3 Å². The molecule has 1 aromatic heterocycles. The van der Waals surface area contributed by atoms with Crippen LogP contribution < -0.4 is 5.73 Å². The van der Waals surface area contributed by atoms with Gasteiger partial charge in [0.2, 0.25) is 0 Å². The van der Waals surface area contributed by atoms with Crippen molar-refractivity contribution in [3.05, 3.63) is 16.4 Å². The Hall–Kier alpha value is -0.430. The van der Waals surface area contributed by atoms with Gasteiger partial charge in [-0.2, -0.15) is 5.10 Å². The second-order valence-corrected chi connectivity index (χ2v) is 6.35. The predicted molar refractivity (Wildman–Crippen MR) is 80.8 cm³/mol. The monoisotopic (exact) mass is 332 g/mol. The van der Waals surface area contributed by atoms with Crippen molar-refractivity contribution < 1.29 is 5.11 Å². The molecule has 0 spiro atoms. The van der Waals surface area contributed by atoms with Crippen LogP contribution in [0.1, 0.15) is 25.6 Å². The van der Waals surface area contributed by atoms with Gasteiger partial charge in [-0.15, -0.1) is 0 Å². The Morgan fingerprint density at radius 2 is 2.11 bits per heavy atom. The highest BCUT2D eigenvalue weighted by Gasteiger charge is 2.27. The summed E-state index contributed by atoms with van der Waals surface area (Å²) in [5.41, 5.74) is 6.61. The van der Waals surface area contributed by atoms with Crippen molar-refractivity contribution in [2.45, 2.75) is 26.5 Å². The number of likely N-dealkylation sites (N-methyl/N-ethyl adjacent to an activating group) is 1. The largest absolute Gasteiger partial charge is 0.386 e. The Bertz CT molecular complexity index is 392. The highest BCUT2D eigenvalue weighted by atomic mass is 79.9. The first-order chi connectivity index (χ1) is 8.88. The van der Waals surface area contributed by atoms with Gasteiger partial charge in [-0.25, -0.2) is 0 Å². The highest BCUT2D eigenvalue weighted by Crippen LogP contribution is 2.31. The predicted octanol–water partition coefficient (Wildman–Crippen LogP) is 1.47. The molecule has 0 bridgehead atoms. The van der Waals surface area contributed by atoms with Gasteiger partial charge in [-0.1, -0.05) is 13.8 Å². The maximum atomic E-state index is 10.6. The molecule has 0 aromatic carbocycles. The molecule has 2 unspecified atom stereocenters. The first-order valence-electron chi connectivity index (χ1n) is 6.62. The number of aromatic nitrogens is 2. The summed E-state index contributed by atoms with van der Waals surface area (Å²) in [6.07, 6.45) is 1.14. The van der Waals surface area contributed by atoms with Gasteiger partial charge >= 0.3 is 0 Å². The van der Waals surface area contributed by atoms with Crippen molar-refractivity contribution in [3.63, 3.8) is 0 Å². The van der Waals surface area contributed by atoms with E-state index >= 15 is 0 Å². The van der Waals surface area contributed by atoms with E-state index in [1.54, 1.807) is 6.20 Å². The molecule has 1 heterocycles. The zero-order chi connectivity index (χ0) is 14.6. The molecule has 0 aliphatic rings. The van der Waals surface area contributed by atoms with Crippen LogP contribution in [-0.4, -0.2) is 47.0 Å². The van der Waals surface area contributed by atoms with Gasteiger partial charge in [0.1, 0.15) is 6.10 Å². The minimum absolute atomic E-state index is 0.0334. The summed E-state index contributed by atoms with van der Waals surface area (Å²) in [6, 6.07) is 0. The van der Waals surface area contributed by atoms with Crippen LogP contribution in [0.5, 0.6) is 0 Å². The molecule has 1 rings (SSSR count). The van der Waals surface area contributed by atoms with Crippen LogP contribution in [0, 0.1) is 11.8 Å². The number of aliphatic hydroxyl groups is 1. The maximum Gasteiger partial charge on any atom is 0.101 e. The molecule has 3 N–H and O–H groups in total. The lowest BCUT2D eigenvalue weighted by Crippen LogP contribution is -2.29. The van der Waals surface area contributed by atoms with E-state index in [2.05, 4.69) is 39.8 Å². The number of aliphatic hydroxyl groups excluding tert-OH is 1. The number of hydrogen-bond donors (Lipinski definition) is 2. The molecule has 2 atom stereocenters. The van der Waals surface area contributed by atoms with E-state index in [1.807, 2.05) is 18.8 Å². The summed E-state index contributed by atoms with van der Waals surface area (Å²) < 4.78 is 2.71. The molecule has 0 fully saturated rings. The minimum atomic E-state index is -0.593. The molecule has 5 nitrogen and oxygen atoms in total.